The summed E-state index contributed by atoms with van der Waals surface area (Å²) in [5.74, 6) is 1.69. The van der Waals surface area contributed by atoms with E-state index in [9.17, 15) is 4.21 Å². The van der Waals surface area contributed by atoms with Crippen LogP contribution in [0, 0.1) is 6.92 Å². The maximum atomic E-state index is 12.4. The average Bonchev–Trinajstić information content (AvgIpc) is 2.91. The summed E-state index contributed by atoms with van der Waals surface area (Å²) in [5.41, 5.74) is 3.85. The molecule has 0 saturated heterocycles. The van der Waals surface area contributed by atoms with E-state index in [1.807, 2.05) is 60.1 Å². The molecule has 0 aliphatic carbocycles. The molecule has 0 radical (unpaired) electrons. The van der Waals surface area contributed by atoms with Gasteiger partial charge in [0.2, 0.25) is 0 Å². The van der Waals surface area contributed by atoms with Crippen molar-refractivity contribution in [2.75, 3.05) is 7.11 Å². The summed E-state index contributed by atoms with van der Waals surface area (Å²) in [6, 6.07) is 11.7. The Kier molecular flexibility index (Phi) is 4.24. The fraction of sp³-hybridized carbons (Fsp3) is 0.235. The molecular weight excluding hydrogens is 296 g/mol. The average molecular weight is 314 g/mol. The van der Waals surface area contributed by atoms with Crippen molar-refractivity contribution < 1.29 is 8.95 Å². The lowest BCUT2D eigenvalue weighted by molar-refractivity contribution is 0.411. The maximum absolute atomic E-state index is 12.4. The van der Waals surface area contributed by atoms with Crippen molar-refractivity contribution in [1.82, 2.24) is 9.38 Å². The Morgan fingerprint density at radius 1 is 1.18 bits per heavy atom. The molecule has 0 saturated carbocycles. The number of methoxy groups -OCH3 is 1. The fourth-order valence-electron chi connectivity index (χ4n) is 2.49. The van der Waals surface area contributed by atoms with E-state index in [0.29, 0.717) is 11.5 Å². The molecule has 0 spiro atoms. The second-order valence-corrected chi connectivity index (χ2v) is 6.65. The van der Waals surface area contributed by atoms with Crippen LogP contribution in [0.25, 0.3) is 5.65 Å². The van der Waals surface area contributed by atoms with E-state index in [-0.39, 0.29) is 0 Å². The third kappa shape index (κ3) is 3.04. The highest BCUT2D eigenvalue weighted by molar-refractivity contribution is 7.83. The second kappa shape index (κ2) is 6.32. The number of nitrogens with zero attached hydrogens (tertiary/aromatic N) is 2. The van der Waals surface area contributed by atoms with E-state index < -0.39 is 10.8 Å². The van der Waals surface area contributed by atoms with Crippen LogP contribution in [0.15, 0.2) is 48.8 Å². The summed E-state index contributed by atoms with van der Waals surface area (Å²) in [7, 11) is 0.609. The molecule has 5 heteroatoms. The number of aromatic nitrogens is 2. The Balaban J connectivity index is 1.77. The van der Waals surface area contributed by atoms with Crippen LogP contribution < -0.4 is 4.74 Å². The smallest absolute Gasteiger partial charge is 0.139 e. The molecule has 1 aromatic carbocycles. The lowest BCUT2D eigenvalue weighted by Gasteiger charge is -2.07. The summed E-state index contributed by atoms with van der Waals surface area (Å²) in [6.07, 6.45) is 3.91. The highest BCUT2D eigenvalue weighted by atomic mass is 32.2. The van der Waals surface area contributed by atoms with Crippen LogP contribution in [-0.2, 0) is 22.3 Å². The van der Waals surface area contributed by atoms with Gasteiger partial charge in [0.25, 0.3) is 0 Å². The predicted molar refractivity (Wildman–Crippen MR) is 88.5 cm³/mol. The standard InChI is InChI=1S/C17H18N2O2S/c1-13-6-5-9-19-10-15(18-17(13)19)12-22(20)11-14-7-3-4-8-16(14)21-2/h3-10H,11-12H2,1-2H3/t22-/m0/s1. The summed E-state index contributed by atoms with van der Waals surface area (Å²) < 4.78 is 19.7. The summed E-state index contributed by atoms with van der Waals surface area (Å²) in [5, 5.41) is 0. The minimum Gasteiger partial charge on any atom is -0.496 e. The number of ether oxygens (including phenoxy) is 1. The third-order valence-electron chi connectivity index (χ3n) is 3.55. The number of fused-ring (bicyclic) bond motifs is 1. The Morgan fingerprint density at radius 2 is 2.00 bits per heavy atom. The first-order valence-electron chi connectivity index (χ1n) is 7.07. The number of hydrogen-bond donors (Lipinski definition) is 0. The van der Waals surface area contributed by atoms with Crippen molar-refractivity contribution in [3.63, 3.8) is 0 Å². The first kappa shape index (κ1) is 14.8. The van der Waals surface area contributed by atoms with Gasteiger partial charge in [0.05, 0.1) is 24.3 Å². The van der Waals surface area contributed by atoms with Gasteiger partial charge in [0, 0.05) is 28.8 Å². The van der Waals surface area contributed by atoms with E-state index in [4.69, 9.17) is 4.74 Å². The highest BCUT2D eigenvalue weighted by Gasteiger charge is 2.10. The normalized spacial score (nSPS) is 12.5. The number of rotatable bonds is 5. The highest BCUT2D eigenvalue weighted by Crippen LogP contribution is 2.20. The molecule has 0 aliphatic heterocycles. The Bertz CT molecular complexity index is 826. The quantitative estimate of drug-likeness (QED) is 0.727. The third-order valence-corrected chi connectivity index (χ3v) is 4.80. The van der Waals surface area contributed by atoms with E-state index in [1.165, 1.54) is 0 Å². The lowest BCUT2D eigenvalue weighted by atomic mass is 10.2. The van der Waals surface area contributed by atoms with E-state index in [1.54, 1.807) is 7.11 Å². The number of aryl methyl sites for hydroxylation is 1. The largest absolute Gasteiger partial charge is 0.496 e. The maximum Gasteiger partial charge on any atom is 0.139 e. The van der Waals surface area contributed by atoms with E-state index in [2.05, 4.69) is 4.98 Å². The minimum absolute atomic E-state index is 0.444. The molecule has 22 heavy (non-hydrogen) atoms. The van der Waals surface area contributed by atoms with Gasteiger partial charge < -0.3 is 9.14 Å². The SMILES string of the molecule is COc1ccccc1C[S@](=O)Cc1cn2cccc(C)c2n1. The Morgan fingerprint density at radius 3 is 2.77 bits per heavy atom. The molecule has 1 atom stereocenters. The van der Waals surface area contributed by atoms with Crippen LogP contribution >= 0.6 is 0 Å². The molecule has 3 aromatic rings. The molecule has 0 amide bonds. The molecule has 4 nitrogen and oxygen atoms in total. The van der Waals surface area contributed by atoms with Gasteiger partial charge in [-0.3, -0.25) is 4.21 Å². The zero-order chi connectivity index (χ0) is 15.5. The molecule has 114 valence electrons. The van der Waals surface area contributed by atoms with Crippen molar-refractivity contribution in [3.8, 4) is 5.75 Å². The van der Waals surface area contributed by atoms with Gasteiger partial charge in [-0.1, -0.05) is 24.3 Å². The molecule has 0 bridgehead atoms. The molecule has 0 unspecified atom stereocenters. The Labute approximate surface area is 132 Å². The van der Waals surface area contributed by atoms with Gasteiger partial charge in [-0.2, -0.15) is 0 Å². The molecule has 0 N–H and O–H groups in total. The first-order chi connectivity index (χ1) is 10.7. The van der Waals surface area contributed by atoms with Crippen molar-refractivity contribution in [2.24, 2.45) is 0 Å². The second-order valence-electron chi connectivity index (χ2n) is 5.19. The zero-order valence-corrected chi connectivity index (χ0v) is 13.5. The molecule has 2 aromatic heterocycles. The molecule has 0 aliphatic rings. The summed E-state index contributed by atoms with van der Waals surface area (Å²) >= 11 is 0. The van der Waals surface area contributed by atoms with Crippen LogP contribution in [0.1, 0.15) is 16.8 Å². The van der Waals surface area contributed by atoms with Crippen LogP contribution in [0.4, 0.5) is 0 Å². The fourth-order valence-corrected chi connectivity index (χ4v) is 3.64. The molecule has 3 rings (SSSR count). The monoisotopic (exact) mass is 314 g/mol. The molecular formula is C17H18N2O2S. The minimum atomic E-state index is -1.02. The van der Waals surface area contributed by atoms with Crippen LogP contribution in [0.5, 0.6) is 5.75 Å². The first-order valence-corrected chi connectivity index (χ1v) is 8.56. The van der Waals surface area contributed by atoms with Gasteiger partial charge in [-0.25, -0.2) is 4.98 Å². The lowest BCUT2D eigenvalue weighted by Crippen LogP contribution is -2.01. The van der Waals surface area contributed by atoms with Crippen LogP contribution in [0.3, 0.4) is 0 Å². The number of hydrogen-bond acceptors (Lipinski definition) is 3. The number of benzene rings is 1. The van der Waals surface area contributed by atoms with Gasteiger partial charge in [-0.05, 0) is 24.6 Å². The van der Waals surface area contributed by atoms with Crippen molar-refractivity contribution in [1.29, 1.82) is 0 Å². The number of pyridine rings is 1. The van der Waals surface area contributed by atoms with Gasteiger partial charge in [0.1, 0.15) is 11.4 Å². The van der Waals surface area contributed by atoms with Crippen LogP contribution in [0.2, 0.25) is 0 Å². The summed E-state index contributed by atoms with van der Waals surface area (Å²) in [4.78, 5) is 4.58. The van der Waals surface area contributed by atoms with Gasteiger partial charge >= 0.3 is 0 Å². The molecule has 0 fully saturated rings. The van der Waals surface area contributed by atoms with Crippen LogP contribution in [-0.4, -0.2) is 20.7 Å². The molecule has 2 heterocycles. The predicted octanol–water partition coefficient (Wildman–Crippen LogP) is 3.10. The summed E-state index contributed by atoms with van der Waals surface area (Å²) in [6.45, 7) is 2.03. The number of para-hydroxylation sites is 1. The Hall–Kier alpha value is -2.14. The van der Waals surface area contributed by atoms with Crippen molar-refractivity contribution >= 4 is 16.4 Å². The van der Waals surface area contributed by atoms with Crippen molar-refractivity contribution in [2.45, 2.75) is 18.4 Å². The van der Waals surface area contributed by atoms with Gasteiger partial charge in [-0.15, -0.1) is 0 Å². The van der Waals surface area contributed by atoms with E-state index >= 15 is 0 Å². The van der Waals surface area contributed by atoms with E-state index in [0.717, 1.165) is 28.2 Å². The zero-order valence-electron chi connectivity index (χ0n) is 12.7. The topological polar surface area (TPSA) is 43.6 Å². The van der Waals surface area contributed by atoms with Crippen molar-refractivity contribution in [3.05, 3.63) is 65.6 Å². The van der Waals surface area contributed by atoms with Gasteiger partial charge in [0.15, 0.2) is 0 Å². The number of imidazole rings is 1.